The zero-order valence-corrected chi connectivity index (χ0v) is 15.6. The first-order chi connectivity index (χ1) is 13.7. The second-order valence-corrected chi connectivity index (χ2v) is 6.58. The van der Waals surface area contributed by atoms with Crippen LogP contribution in [0.4, 0.5) is 5.69 Å². The molecule has 1 amide bonds. The predicted molar refractivity (Wildman–Crippen MR) is 107 cm³/mol. The number of rotatable bonds is 6. The lowest BCUT2D eigenvalue weighted by Gasteiger charge is -2.17. The van der Waals surface area contributed by atoms with Crippen LogP contribution in [0.2, 0.25) is 0 Å². The summed E-state index contributed by atoms with van der Waals surface area (Å²) in [5.74, 6) is 1.65. The third kappa shape index (κ3) is 4.09. The minimum Gasteiger partial charge on any atom is -0.481 e. The van der Waals surface area contributed by atoms with E-state index >= 15 is 0 Å². The van der Waals surface area contributed by atoms with E-state index in [1.165, 1.54) is 5.56 Å². The number of para-hydroxylation sites is 1. The summed E-state index contributed by atoms with van der Waals surface area (Å²) in [7, 11) is 0. The van der Waals surface area contributed by atoms with E-state index in [1.54, 1.807) is 25.1 Å². The third-order valence-corrected chi connectivity index (χ3v) is 4.54. The average molecular weight is 375 g/mol. The van der Waals surface area contributed by atoms with Crippen LogP contribution in [0.1, 0.15) is 18.1 Å². The third-order valence-electron chi connectivity index (χ3n) is 4.54. The molecule has 0 radical (unpaired) electrons. The molecule has 28 heavy (non-hydrogen) atoms. The van der Waals surface area contributed by atoms with Crippen LogP contribution in [0.25, 0.3) is 0 Å². The van der Waals surface area contributed by atoms with Crippen molar-refractivity contribution in [2.45, 2.75) is 19.4 Å². The molecule has 0 saturated carbocycles. The molecular formula is C23H21NO4. The summed E-state index contributed by atoms with van der Waals surface area (Å²) in [4.78, 5) is 12.7. The fourth-order valence-corrected chi connectivity index (χ4v) is 3.05. The molecule has 1 heterocycles. The SMILES string of the molecule is CC(Oc1ccc2c(c1)OCO2)C(=O)Nc1ccccc1Cc1ccccc1. The van der Waals surface area contributed by atoms with Gasteiger partial charge < -0.3 is 19.5 Å². The Morgan fingerprint density at radius 3 is 2.61 bits per heavy atom. The molecule has 0 aliphatic carbocycles. The smallest absolute Gasteiger partial charge is 0.265 e. The fourth-order valence-electron chi connectivity index (χ4n) is 3.05. The van der Waals surface area contributed by atoms with Crippen LogP contribution in [-0.4, -0.2) is 18.8 Å². The highest BCUT2D eigenvalue weighted by Gasteiger charge is 2.19. The van der Waals surface area contributed by atoms with Crippen LogP contribution in [0.5, 0.6) is 17.2 Å². The number of hydrogen-bond acceptors (Lipinski definition) is 4. The molecule has 0 aromatic heterocycles. The van der Waals surface area contributed by atoms with Gasteiger partial charge in [0.2, 0.25) is 6.79 Å². The Kier molecular flexibility index (Phi) is 5.15. The van der Waals surface area contributed by atoms with E-state index in [0.29, 0.717) is 17.2 Å². The molecule has 3 aromatic rings. The van der Waals surface area contributed by atoms with Gasteiger partial charge >= 0.3 is 0 Å². The molecule has 1 atom stereocenters. The molecule has 0 bridgehead atoms. The zero-order valence-electron chi connectivity index (χ0n) is 15.6. The van der Waals surface area contributed by atoms with Crippen LogP contribution < -0.4 is 19.5 Å². The van der Waals surface area contributed by atoms with Gasteiger partial charge in [-0.2, -0.15) is 0 Å². The number of carbonyl (C=O) groups excluding carboxylic acids is 1. The van der Waals surface area contributed by atoms with Gasteiger partial charge in [-0.1, -0.05) is 48.5 Å². The van der Waals surface area contributed by atoms with Crippen LogP contribution >= 0.6 is 0 Å². The van der Waals surface area contributed by atoms with Gasteiger partial charge in [-0.05, 0) is 42.7 Å². The highest BCUT2D eigenvalue weighted by Crippen LogP contribution is 2.35. The topological polar surface area (TPSA) is 56.8 Å². The number of amides is 1. The molecule has 4 rings (SSSR count). The molecule has 1 aliphatic rings. The Labute approximate surface area is 163 Å². The lowest BCUT2D eigenvalue weighted by atomic mass is 10.0. The largest absolute Gasteiger partial charge is 0.481 e. The molecule has 3 aromatic carbocycles. The molecule has 0 spiro atoms. The second kappa shape index (κ2) is 8.05. The van der Waals surface area contributed by atoms with Crippen molar-refractivity contribution in [3.05, 3.63) is 83.9 Å². The van der Waals surface area contributed by atoms with E-state index in [0.717, 1.165) is 17.7 Å². The van der Waals surface area contributed by atoms with Crippen molar-refractivity contribution in [1.29, 1.82) is 0 Å². The molecule has 1 unspecified atom stereocenters. The molecule has 0 fully saturated rings. The summed E-state index contributed by atoms with van der Waals surface area (Å²) < 4.78 is 16.4. The first-order valence-electron chi connectivity index (χ1n) is 9.18. The highest BCUT2D eigenvalue weighted by molar-refractivity contribution is 5.94. The minimum atomic E-state index is -0.662. The number of fused-ring (bicyclic) bond motifs is 1. The Hall–Kier alpha value is -3.47. The lowest BCUT2D eigenvalue weighted by Crippen LogP contribution is -2.30. The van der Waals surface area contributed by atoms with Gasteiger partial charge in [0.25, 0.3) is 5.91 Å². The number of nitrogens with one attached hydrogen (secondary N) is 1. The van der Waals surface area contributed by atoms with E-state index in [2.05, 4.69) is 17.4 Å². The van der Waals surface area contributed by atoms with E-state index in [-0.39, 0.29) is 12.7 Å². The van der Waals surface area contributed by atoms with Gasteiger partial charge in [-0.3, -0.25) is 4.79 Å². The van der Waals surface area contributed by atoms with Crippen molar-refractivity contribution in [3.8, 4) is 17.2 Å². The minimum absolute atomic E-state index is 0.201. The number of hydrogen-bond donors (Lipinski definition) is 1. The molecule has 5 nitrogen and oxygen atoms in total. The predicted octanol–water partition coefficient (Wildman–Crippen LogP) is 4.41. The van der Waals surface area contributed by atoms with Gasteiger partial charge in [0.05, 0.1) is 0 Å². The normalized spacial score (nSPS) is 13.0. The first kappa shape index (κ1) is 17.9. The molecule has 0 saturated heterocycles. The van der Waals surface area contributed by atoms with Crippen LogP contribution in [-0.2, 0) is 11.2 Å². The number of carbonyl (C=O) groups is 1. The molecule has 1 aliphatic heterocycles. The van der Waals surface area contributed by atoms with Crippen molar-refractivity contribution in [2.24, 2.45) is 0 Å². The molecule has 142 valence electrons. The maximum Gasteiger partial charge on any atom is 0.265 e. The Balaban J connectivity index is 1.43. The average Bonchev–Trinajstić information content (AvgIpc) is 3.18. The number of ether oxygens (including phenoxy) is 3. The highest BCUT2D eigenvalue weighted by atomic mass is 16.7. The summed E-state index contributed by atoms with van der Waals surface area (Å²) >= 11 is 0. The van der Waals surface area contributed by atoms with E-state index < -0.39 is 6.10 Å². The summed E-state index contributed by atoms with van der Waals surface area (Å²) in [6.45, 7) is 1.92. The van der Waals surface area contributed by atoms with Crippen molar-refractivity contribution < 1.29 is 19.0 Å². The summed E-state index contributed by atoms with van der Waals surface area (Å²) in [5.41, 5.74) is 3.03. The standard InChI is InChI=1S/C23H21NO4/c1-16(28-19-11-12-21-22(14-19)27-15-26-21)23(25)24-20-10-6-5-9-18(20)13-17-7-3-2-4-8-17/h2-12,14,16H,13,15H2,1H3,(H,24,25). The van der Waals surface area contributed by atoms with Crippen molar-refractivity contribution in [2.75, 3.05) is 12.1 Å². The number of anilines is 1. The van der Waals surface area contributed by atoms with Gasteiger partial charge in [0, 0.05) is 11.8 Å². The first-order valence-corrected chi connectivity index (χ1v) is 9.18. The van der Waals surface area contributed by atoms with Crippen molar-refractivity contribution in [3.63, 3.8) is 0 Å². The van der Waals surface area contributed by atoms with Crippen LogP contribution in [0.3, 0.4) is 0 Å². The summed E-state index contributed by atoms with van der Waals surface area (Å²) in [6, 6.07) is 23.2. The zero-order chi connectivity index (χ0) is 19.3. The Bertz CT molecular complexity index is 971. The Morgan fingerprint density at radius 2 is 1.75 bits per heavy atom. The monoisotopic (exact) mass is 375 g/mol. The van der Waals surface area contributed by atoms with Crippen LogP contribution in [0, 0.1) is 0 Å². The molecule has 5 heteroatoms. The van der Waals surface area contributed by atoms with E-state index in [1.807, 2.05) is 42.5 Å². The van der Waals surface area contributed by atoms with Crippen molar-refractivity contribution in [1.82, 2.24) is 0 Å². The lowest BCUT2D eigenvalue weighted by molar-refractivity contribution is -0.122. The molecule has 1 N–H and O–H groups in total. The van der Waals surface area contributed by atoms with E-state index in [9.17, 15) is 4.79 Å². The molecular weight excluding hydrogens is 354 g/mol. The van der Waals surface area contributed by atoms with Crippen molar-refractivity contribution >= 4 is 11.6 Å². The van der Waals surface area contributed by atoms with Gasteiger partial charge in [0.15, 0.2) is 17.6 Å². The van der Waals surface area contributed by atoms with Gasteiger partial charge in [-0.25, -0.2) is 0 Å². The quantitative estimate of drug-likeness (QED) is 0.693. The fraction of sp³-hybridized carbons (Fsp3) is 0.174. The van der Waals surface area contributed by atoms with E-state index in [4.69, 9.17) is 14.2 Å². The number of benzene rings is 3. The van der Waals surface area contributed by atoms with Gasteiger partial charge in [-0.15, -0.1) is 0 Å². The van der Waals surface area contributed by atoms with Gasteiger partial charge in [0.1, 0.15) is 5.75 Å². The van der Waals surface area contributed by atoms with Crippen LogP contribution in [0.15, 0.2) is 72.8 Å². The Morgan fingerprint density at radius 1 is 1.00 bits per heavy atom. The summed E-state index contributed by atoms with van der Waals surface area (Å²) in [5, 5.41) is 2.98. The second-order valence-electron chi connectivity index (χ2n) is 6.58. The maximum absolute atomic E-state index is 12.7. The maximum atomic E-state index is 12.7. The summed E-state index contributed by atoms with van der Waals surface area (Å²) in [6.07, 6.45) is 0.0828.